The molecular weight excluding hydrogens is 348 g/mol. The zero-order valence-electron chi connectivity index (χ0n) is 17.7. The molecule has 0 bridgehead atoms. The van der Waals surface area contributed by atoms with Gasteiger partial charge in [0.2, 0.25) is 0 Å². The van der Waals surface area contributed by atoms with Crippen LogP contribution in [0.3, 0.4) is 0 Å². The Labute approximate surface area is 176 Å². The van der Waals surface area contributed by atoms with Crippen LogP contribution in [0.25, 0.3) is 0 Å². The van der Waals surface area contributed by atoms with Gasteiger partial charge in [-0.3, -0.25) is 0 Å². The fourth-order valence-electron chi connectivity index (χ4n) is 4.54. The molecule has 0 fully saturated rings. The van der Waals surface area contributed by atoms with E-state index in [1.165, 1.54) is 16.7 Å². The maximum atomic E-state index is 4.18. The van der Waals surface area contributed by atoms with Gasteiger partial charge in [0.1, 0.15) is 0 Å². The van der Waals surface area contributed by atoms with Crippen molar-refractivity contribution in [3.05, 3.63) is 157 Å². The first-order valence-electron chi connectivity index (χ1n) is 9.68. The Hall–Kier alpha value is -3.38. The molecule has 2 rings (SSSR count). The van der Waals surface area contributed by atoms with Gasteiger partial charge in [0.15, 0.2) is 0 Å². The van der Waals surface area contributed by atoms with E-state index in [2.05, 4.69) is 71.5 Å². The Morgan fingerprint density at radius 3 is 1.24 bits per heavy atom. The van der Waals surface area contributed by atoms with Crippen LogP contribution in [0, 0.1) is 5.41 Å². The molecular formula is C29H30. The van der Waals surface area contributed by atoms with E-state index in [0.717, 1.165) is 27.9 Å². The second kappa shape index (κ2) is 9.21. The van der Waals surface area contributed by atoms with Gasteiger partial charge in [-0.1, -0.05) is 112 Å². The van der Waals surface area contributed by atoms with Crippen molar-refractivity contribution >= 4 is 0 Å². The molecule has 1 unspecified atom stereocenters. The van der Waals surface area contributed by atoms with E-state index >= 15 is 0 Å². The predicted octanol–water partition coefficient (Wildman–Crippen LogP) is 8.01. The highest BCUT2D eigenvalue weighted by atomic mass is 14.5. The largest absolute Gasteiger partial charge is 0.0991 e. The normalized spacial score (nSPS) is 22.1. The maximum absolute atomic E-state index is 4.18. The summed E-state index contributed by atoms with van der Waals surface area (Å²) in [4.78, 5) is 0. The minimum Gasteiger partial charge on any atom is -0.0991 e. The van der Waals surface area contributed by atoms with E-state index in [1.807, 2.05) is 36.5 Å². The summed E-state index contributed by atoms with van der Waals surface area (Å²) in [7, 11) is 0. The Balaban J connectivity index is 3.15. The van der Waals surface area contributed by atoms with Crippen molar-refractivity contribution in [2.24, 2.45) is 5.41 Å². The molecule has 0 nitrogen and oxygen atoms in total. The van der Waals surface area contributed by atoms with Gasteiger partial charge in [-0.25, -0.2) is 0 Å². The second-order valence-corrected chi connectivity index (χ2v) is 6.88. The van der Waals surface area contributed by atoms with Crippen molar-refractivity contribution in [2.45, 2.75) is 13.8 Å². The van der Waals surface area contributed by atoms with Crippen LogP contribution in [0.1, 0.15) is 13.8 Å². The van der Waals surface area contributed by atoms with Gasteiger partial charge in [-0.15, -0.1) is 0 Å². The molecule has 0 radical (unpaired) electrons. The van der Waals surface area contributed by atoms with E-state index in [-0.39, 0.29) is 0 Å². The van der Waals surface area contributed by atoms with Crippen molar-refractivity contribution in [1.29, 1.82) is 0 Å². The Kier molecular flexibility index (Phi) is 6.96. The third-order valence-corrected chi connectivity index (χ3v) is 5.62. The van der Waals surface area contributed by atoms with Crippen molar-refractivity contribution in [1.82, 2.24) is 0 Å². The molecule has 2 aliphatic carbocycles. The molecule has 0 saturated heterocycles. The van der Waals surface area contributed by atoms with Crippen LogP contribution in [0.5, 0.6) is 0 Å². The molecule has 0 heteroatoms. The molecule has 1 spiro atoms. The first-order chi connectivity index (χ1) is 14.0. The van der Waals surface area contributed by atoms with Gasteiger partial charge in [0.25, 0.3) is 0 Å². The molecule has 0 heterocycles. The van der Waals surface area contributed by atoms with Gasteiger partial charge in [0.05, 0.1) is 5.41 Å². The molecule has 0 aromatic rings. The molecule has 29 heavy (non-hydrogen) atoms. The minimum absolute atomic E-state index is 0.499. The highest BCUT2D eigenvalue weighted by Crippen LogP contribution is 2.63. The van der Waals surface area contributed by atoms with Crippen molar-refractivity contribution in [2.75, 3.05) is 0 Å². The molecule has 0 saturated carbocycles. The Morgan fingerprint density at radius 1 is 0.517 bits per heavy atom. The van der Waals surface area contributed by atoms with Gasteiger partial charge in [-0.2, -0.15) is 0 Å². The molecule has 146 valence electrons. The predicted molar refractivity (Wildman–Crippen MR) is 130 cm³/mol. The van der Waals surface area contributed by atoms with E-state index < -0.39 is 5.41 Å². The van der Waals surface area contributed by atoms with Crippen LogP contribution in [-0.2, 0) is 0 Å². The SMILES string of the molecule is C=C/C=C\C1=C(C)C(C=C)=C(/C=C\C=C)C12C(C=C)=C(C)C(C=C)=C2/C=C\C=C. The smallest absolute Gasteiger partial charge is 0.0718 e. The summed E-state index contributed by atoms with van der Waals surface area (Å²) in [5, 5.41) is 0. The zero-order valence-corrected chi connectivity index (χ0v) is 17.7. The topological polar surface area (TPSA) is 0 Å². The lowest BCUT2D eigenvalue weighted by molar-refractivity contribution is 0.691. The maximum Gasteiger partial charge on any atom is 0.0718 e. The van der Waals surface area contributed by atoms with E-state index in [9.17, 15) is 0 Å². The summed E-state index contributed by atoms with van der Waals surface area (Å²) >= 11 is 0. The molecule has 0 aromatic carbocycles. The summed E-state index contributed by atoms with van der Waals surface area (Å²) in [5.41, 5.74) is 8.74. The first-order valence-corrected chi connectivity index (χ1v) is 9.68. The summed E-state index contributed by atoms with van der Waals surface area (Å²) in [6.45, 7) is 28.3. The summed E-state index contributed by atoms with van der Waals surface area (Å²) in [6.07, 6.45) is 23.6. The highest BCUT2D eigenvalue weighted by Gasteiger charge is 2.51. The Morgan fingerprint density at radius 2 is 0.897 bits per heavy atom. The lowest BCUT2D eigenvalue weighted by atomic mass is 9.66. The van der Waals surface area contributed by atoms with Crippen LogP contribution < -0.4 is 0 Å². The van der Waals surface area contributed by atoms with Gasteiger partial charge in [0, 0.05) is 0 Å². The zero-order chi connectivity index (χ0) is 21.6. The third-order valence-electron chi connectivity index (χ3n) is 5.62. The number of rotatable bonds is 9. The molecule has 0 amide bonds. The standard InChI is InChI=1S/C29H30/c1-9-15-18-26-22(8)24(13-5)28(20-17-11-3)29(26)25(14-6)21(7)23(12-4)27(29)19-16-10-2/h9-20H,1-6H2,7-8H3/b18-15-,19-16-,20-17-. The van der Waals surface area contributed by atoms with Crippen LogP contribution in [0.2, 0.25) is 0 Å². The third kappa shape index (κ3) is 3.21. The first kappa shape index (κ1) is 21.9. The van der Waals surface area contributed by atoms with E-state index in [1.54, 1.807) is 18.2 Å². The summed E-state index contributed by atoms with van der Waals surface area (Å²) < 4.78 is 0. The van der Waals surface area contributed by atoms with Gasteiger partial charge < -0.3 is 0 Å². The van der Waals surface area contributed by atoms with Crippen LogP contribution in [0.4, 0.5) is 0 Å². The number of hydrogen-bond donors (Lipinski definition) is 0. The molecule has 0 aliphatic heterocycles. The lowest BCUT2D eigenvalue weighted by Gasteiger charge is -2.34. The molecule has 0 aromatic heterocycles. The van der Waals surface area contributed by atoms with E-state index in [4.69, 9.17) is 0 Å². The monoisotopic (exact) mass is 378 g/mol. The number of hydrogen-bond acceptors (Lipinski definition) is 0. The minimum atomic E-state index is -0.499. The van der Waals surface area contributed by atoms with Crippen molar-refractivity contribution in [3.63, 3.8) is 0 Å². The average molecular weight is 379 g/mol. The number of allylic oxidation sites excluding steroid dienone is 20. The quantitative estimate of drug-likeness (QED) is 0.356. The van der Waals surface area contributed by atoms with Crippen LogP contribution >= 0.6 is 0 Å². The van der Waals surface area contributed by atoms with Crippen LogP contribution in [0.15, 0.2) is 157 Å². The van der Waals surface area contributed by atoms with Crippen molar-refractivity contribution in [3.8, 4) is 0 Å². The lowest BCUT2D eigenvalue weighted by Crippen LogP contribution is -2.25. The molecule has 0 N–H and O–H groups in total. The summed E-state index contributed by atoms with van der Waals surface area (Å²) in [6, 6.07) is 0. The fraction of sp³-hybridized carbons (Fsp3) is 0.103. The Bertz CT molecular complexity index is 980. The summed E-state index contributed by atoms with van der Waals surface area (Å²) in [5.74, 6) is 0. The molecule has 1 atom stereocenters. The van der Waals surface area contributed by atoms with Crippen LogP contribution in [-0.4, -0.2) is 0 Å². The van der Waals surface area contributed by atoms with Gasteiger partial charge >= 0.3 is 0 Å². The van der Waals surface area contributed by atoms with Crippen molar-refractivity contribution < 1.29 is 0 Å². The molecule has 2 aliphatic rings. The highest BCUT2D eigenvalue weighted by molar-refractivity contribution is 5.80. The van der Waals surface area contributed by atoms with Gasteiger partial charge in [-0.05, 0) is 58.4 Å². The fourth-order valence-corrected chi connectivity index (χ4v) is 4.54. The average Bonchev–Trinajstić information content (AvgIpc) is 3.10. The second-order valence-electron chi connectivity index (χ2n) is 6.88. The van der Waals surface area contributed by atoms with E-state index in [0.29, 0.717) is 0 Å².